The summed E-state index contributed by atoms with van der Waals surface area (Å²) in [6.45, 7) is 0. The molecule has 1 atom stereocenters. The molecule has 1 aliphatic carbocycles. The maximum Gasteiger partial charge on any atom is 0.237 e. The molecule has 2 heterocycles. The summed E-state index contributed by atoms with van der Waals surface area (Å²) < 4.78 is 0. The van der Waals surface area contributed by atoms with Crippen molar-refractivity contribution in [2.75, 3.05) is 0 Å². The van der Waals surface area contributed by atoms with Crippen molar-refractivity contribution < 1.29 is 9.59 Å². The molecule has 1 aromatic rings. The van der Waals surface area contributed by atoms with Crippen LogP contribution in [0.2, 0.25) is 0 Å². The summed E-state index contributed by atoms with van der Waals surface area (Å²) in [7, 11) is 0. The van der Waals surface area contributed by atoms with Crippen LogP contribution < -0.4 is 5.32 Å². The third kappa shape index (κ3) is 1.11. The summed E-state index contributed by atoms with van der Waals surface area (Å²) in [5.74, 6) is -0.217. The Labute approximate surface area is 91.5 Å². The van der Waals surface area contributed by atoms with Gasteiger partial charge in [0, 0.05) is 11.3 Å². The quantitative estimate of drug-likeness (QED) is 0.672. The molecule has 2 amide bonds. The molecule has 1 N–H and O–H groups in total. The number of thiophene rings is 1. The van der Waals surface area contributed by atoms with Crippen molar-refractivity contribution >= 4 is 23.2 Å². The van der Waals surface area contributed by atoms with Crippen LogP contribution in [-0.2, 0) is 21.4 Å². The Kier molecular flexibility index (Phi) is 1.77. The standard InChI is InChI=1S/C11H11NO2S/c13-9-6-11(10(14)12-9)4-1-2-8-7(11)3-5-15-8/h3,5H,1-2,4,6H2,(H,12,13,14). The molecule has 3 rings (SSSR count). The zero-order chi connectivity index (χ0) is 10.5. The van der Waals surface area contributed by atoms with E-state index in [0.717, 1.165) is 24.8 Å². The van der Waals surface area contributed by atoms with Crippen molar-refractivity contribution in [3.8, 4) is 0 Å². The molecule has 4 heteroatoms. The minimum absolute atomic E-state index is 0.0909. The molecule has 1 aliphatic heterocycles. The maximum absolute atomic E-state index is 11.9. The van der Waals surface area contributed by atoms with E-state index in [9.17, 15) is 9.59 Å². The lowest BCUT2D eigenvalue weighted by molar-refractivity contribution is -0.126. The van der Waals surface area contributed by atoms with Gasteiger partial charge in [0.15, 0.2) is 0 Å². The van der Waals surface area contributed by atoms with Crippen molar-refractivity contribution in [3.63, 3.8) is 0 Å². The lowest BCUT2D eigenvalue weighted by Crippen LogP contribution is -2.37. The molecule has 78 valence electrons. The Morgan fingerprint density at radius 1 is 1.40 bits per heavy atom. The van der Waals surface area contributed by atoms with Crippen LogP contribution >= 0.6 is 11.3 Å². The SMILES string of the molecule is O=C1CC2(CCCc3sccc32)C(=O)N1. The van der Waals surface area contributed by atoms with Crippen molar-refractivity contribution in [1.82, 2.24) is 5.32 Å². The second-order valence-corrected chi connectivity index (χ2v) is 5.25. The molecule has 0 aromatic carbocycles. The van der Waals surface area contributed by atoms with E-state index in [1.54, 1.807) is 11.3 Å². The summed E-state index contributed by atoms with van der Waals surface area (Å²) in [6, 6.07) is 2.01. The molecule has 0 radical (unpaired) electrons. The Hall–Kier alpha value is -1.16. The third-order valence-corrected chi connectivity index (χ3v) is 4.40. The highest BCUT2D eigenvalue weighted by atomic mass is 32.1. The number of aryl methyl sites for hydroxylation is 1. The molecule has 3 nitrogen and oxygen atoms in total. The van der Waals surface area contributed by atoms with Crippen LogP contribution in [0.5, 0.6) is 0 Å². The molecular weight excluding hydrogens is 210 g/mol. The van der Waals surface area contributed by atoms with Gasteiger partial charge in [-0.25, -0.2) is 0 Å². The lowest BCUT2D eigenvalue weighted by atomic mass is 9.71. The number of hydrogen-bond acceptors (Lipinski definition) is 3. The first kappa shape index (κ1) is 9.09. The van der Waals surface area contributed by atoms with Crippen LogP contribution in [-0.4, -0.2) is 11.8 Å². The van der Waals surface area contributed by atoms with Gasteiger partial charge in [-0.2, -0.15) is 0 Å². The highest BCUT2D eigenvalue weighted by molar-refractivity contribution is 7.10. The molecule has 0 bridgehead atoms. The maximum atomic E-state index is 11.9. The van der Waals surface area contributed by atoms with Gasteiger partial charge >= 0.3 is 0 Å². The van der Waals surface area contributed by atoms with Gasteiger partial charge in [-0.1, -0.05) is 0 Å². The van der Waals surface area contributed by atoms with Crippen molar-refractivity contribution in [2.45, 2.75) is 31.1 Å². The van der Waals surface area contributed by atoms with E-state index in [0.29, 0.717) is 6.42 Å². The zero-order valence-electron chi connectivity index (χ0n) is 8.21. The Morgan fingerprint density at radius 3 is 3.00 bits per heavy atom. The minimum Gasteiger partial charge on any atom is -0.296 e. The van der Waals surface area contributed by atoms with Crippen molar-refractivity contribution in [2.24, 2.45) is 0 Å². The highest BCUT2D eigenvalue weighted by Crippen LogP contribution is 2.44. The van der Waals surface area contributed by atoms with E-state index in [4.69, 9.17) is 0 Å². The first-order valence-electron chi connectivity index (χ1n) is 5.13. The molecule has 1 spiro atoms. The van der Waals surface area contributed by atoms with E-state index in [1.165, 1.54) is 4.88 Å². The number of rotatable bonds is 0. The van der Waals surface area contributed by atoms with E-state index in [-0.39, 0.29) is 11.8 Å². The first-order chi connectivity index (χ1) is 7.22. The molecule has 15 heavy (non-hydrogen) atoms. The molecule has 1 aromatic heterocycles. The highest BCUT2D eigenvalue weighted by Gasteiger charge is 2.50. The molecule has 1 fully saturated rings. The second kappa shape index (κ2) is 2.92. The van der Waals surface area contributed by atoms with Gasteiger partial charge in [0.25, 0.3) is 0 Å². The molecule has 1 saturated heterocycles. The van der Waals surface area contributed by atoms with Crippen LogP contribution in [0, 0.1) is 0 Å². The predicted molar refractivity (Wildman–Crippen MR) is 56.7 cm³/mol. The first-order valence-corrected chi connectivity index (χ1v) is 6.01. The van der Waals surface area contributed by atoms with Gasteiger partial charge < -0.3 is 0 Å². The fraction of sp³-hybridized carbons (Fsp3) is 0.455. The van der Waals surface area contributed by atoms with Gasteiger partial charge in [-0.15, -0.1) is 11.3 Å². The van der Waals surface area contributed by atoms with Crippen molar-refractivity contribution in [1.29, 1.82) is 0 Å². The molecule has 1 unspecified atom stereocenters. The minimum atomic E-state index is -0.523. The van der Waals surface area contributed by atoms with Gasteiger partial charge in [0.1, 0.15) is 0 Å². The monoisotopic (exact) mass is 221 g/mol. The van der Waals surface area contributed by atoms with Gasteiger partial charge in [0.2, 0.25) is 11.8 Å². The fourth-order valence-corrected chi connectivity index (χ4v) is 3.73. The summed E-state index contributed by atoms with van der Waals surface area (Å²) in [5.41, 5.74) is 0.576. The van der Waals surface area contributed by atoms with Gasteiger partial charge in [-0.3, -0.25) is 14.9 Å². The number of nitrogens with one attached hydrogen (secondary N) is 1. The topological polar surface area (TPSA) is 46.2 Å². The third-order valence-electron chi connectivity index (χ3n) is 3.42. The van der Waals surface area contributed by atoms with E-state index >= 15 is 0 Å². The van der Waals surface area contributed by atoms with Gasteiger partial charge in [-0.05, 0) is 36.3 Å². The molecule has 0 saturated carbocycles. The average molecular weight is 221 g/mol. The smallest absolute Gasteiger partial charge is 0.237 e. The van der Waals surface area contributed by atoms with Crippen LogP contribution in [0.4, 0.5) is 0 Å². The van der Waals surface area contributed by atoms with Crippen LogP contribution in [0.15, 0.2) is 11.4 Å². The number of fused-ring (bicyclic) bond motifs is 2. The van der Waals surface area contributed by atoms with Gasteiger partial charge in [0.05, 0.1) is 5.41 Å². The number of carbonyl (C=O) groups excluding carboxylic acids is 2. The second-order valence-electron chi connectivity index (χ2n) is 4.25. The average Bonchev–Trinajstić information content (AvgIpc) is 2.74. The Morgan fingerprint density at radius 2 is 2.27 bits per heavy atom. The van der Waals surface area contributed by atoms with Crippen LogP contribution in [0.25, 0.3) is 0 Å². The summed E-state index contributed by atoms with van der Waals surface area (Å²) in [6.07, 6.45) is 3.22. The normalized spacial score (nSPS) is 29.3. The number of carbonyl (C=O) groups is 2. The summed E-state index contributed by atoms with van der Waals surface area (Å²) in [5, 5.41) is 4.46. The molecule has 2 aliphatic rings. The number of hydrogen-bond donors (Lipinski definition) is 1. The summed E-state index contributed by atoms with van der Waals surface area (Å²) >= 11 is 1.70. The van der Waals surface area contributed by atoms with E-state index in [1.807, 2.05) is 11.4 Å². The van der Waals surface area contributed by atoms with E-state index in [2.05, 4.69) is 5.32 Å². The lowest BCUT2D eigenvalue weighted by Gasteiger charge is -2.29. The Balaban J connectivity index is 2.15. The predicted octanol–water partition coefficient (Wildman–Crippen LogP) is 1.37. The fourth-order valence-electron chi connectivity index (χ4n) is 2.71. The number of amides is 2. The van der Waals surface area contributed by atoms with Crippen LogP contribution in [0.3, 0.4) is 0 Å². The number of imide groups is 1. The Bertz CT molecular complexity index is 451. The largest absolute Gasteiger partial charge is 0.296 e. The van der Waals surface area contributed by atoms with Crippen molar-refractivity contribution in [3.05, 3.63) is 21.9 Å². The summed E-state index contributed by atoms with van der Waals surface area (Å²) in [4.78, 5) is 24.5. The molecular formula is C11H11NO2S. The van der Waals surface area contributed by atoms with E-state index < -0.39 is 5.41 Å². The zero-order valence-corrected chi connectivity index (χ0v) is 9.02. The van der Waals surface area contributed by atoms with Crippen LogP contribution in [0.1, 0.15) is 29.7 Å².